The molecule has 0 spiro atoms. The van der Waals surface area contributed by atoms with Crippen molar-refractivity contribution < 1.29 is 13.2 Å². The summed E-state index contributed by atoms with van der Waals surface area (Å²) in [7, 11) is 3.19. The van der Waals surface area contributed by atoms with E-state index in [0.29, 0.717) is 0 Å². The van der Waals surface area contributed by atoms with Gasteiger partial charge in [0.1, 0.15) is 0 Å². The Morgan fingerprint density at radius 3 is 2.30 bits per heavy atom. The molecule has 0 aliphatic rings. The highest BCUT2D eigenvalue weighted by molar-refractivity contribution is 5.98. The first-order valence-corrected chi connectivity index (χ1v) is 7.76. The van der Waals surface area contributed by atoms with Crippen LogP contribution < -0.4 is 0 Å². The second-order valence-electron chi connectivity index (χ2n) is 5.30. The van der Waals surface area contributed by atoms with Gasteiger partial charge in [-0.1, -0.05) is 32.8 Å². The number of hydrogen-bond donors (Lipinski definition) is 0. The number of rotatable bonds is 9. The van der Waals surface area contributed by atoms with Gasteiger partial charge in [-0.25, -0.2) is 8.78 Å². The maximum atomic E-state index is 13.1. The zero-order valence-electron chi connectivity index (χ0n) is 12.3. The molecule has 111 valence electrons. The topological polar surface area (TPSA) is 9.23 Å². The zero-order valence-corrected chi connectivity index (χ0v) is 13.3. The summed E-state index contributed by atoms with van der Waals surface area (Å²) in [6.07, 6.45) is 6.90. The second kappa shape index (κ2) is 8.52. The van der Waals surface area contributed by atoms with E-state index < -0.39 is 11.6 Å². The van der Waals surface area contributed by atoms with E-state index in [-0.39, 0.29) is 5.60 Å². The molecular weight excluding hydrogens is 274 g/mol. The van der Waals surface area contributed by atoms with Crippen molar-refractivity contribution in [2.24, 2.45) is 0 Å². The summed E-state index contributed by atoms with van der Waals surface area (Å²) in [5.74, 6) is -1.54. The predicted octanol–water partition coefficient (Wildman–Crippen LogP) is 4.73. The summed E-state index contributed by atoms with van der Waals surface area (Å²) in [4.78, 5) is 0. The first-order chi connectivity index (χ1) is 9.56. The van der Waals surface area contributed by atoms with Gasteiger partial charge in [0.15, 0.2) is 11.6 Å². The number of hydrogen-bond acceptors (Lipinski definition) is 1. The van der Waals surface area contributed by atoms with Crippen LogP contribution in [0, 0.1) is 11.6 Å². The quantitative estimate of drug-likeness (QED) is 0.473. The van der Waals surface area contributed by atoms with Gasteiger partial charge in [0, 0.05) is 0 Å². The van der Waals surface area contributed by atoms with Crippen LogP contribution in [0.15, 0.2) is 18.2 Å². The lowest BCUT2D eigenvalue weighted by Crippen LogP contribution is -2.30. The van der Waals surface area contributed by atoms with E-state index in [1.165, 1.54) is 12.1 Å². The van der Waals surface area contributed by atoms with E-state index in [2.05, 4.69) is 24.3 Å². The summed E-state index contributed by atoms with van der Waals surface area (Å²) in [5.41, 5.74) is 0.788. The third-order valence-electron chi connectivity index (χ3n) is 4.09. The molecule has 1 nitrogen and oxygen atoms in total. The van der Waals surface area contributed by atoms with Crippen LogP contribution >= 0.6 is 0 Å². The van der Waals surface area contributed by atoms with E-state index in [1.807, 2.05) is 0 Å². The van der Waals surface area contributed by atoms with Crippen molar-refractivity contribution in [2.45, 2.75) is 64.4 Å². The van der Waals surface area contributed by atoms with Crippen LogP contribution in [0.2, 0.25) is 0 Å². The molecule has 0 N–H and O–H groups in total. The molecule has 0 aliphatic heterocycles. The molecule has 0 saturated carbocycles. The third kappa shape index (κ3) is 4.98. The van der Waals surface area contributed by atoms with Gasteiger partial charge in [-0.2, -0.15) is 0 Å². The van der Waals surface area contributed by atoms with E-state index >= 15 is 0 Å². The number of aryl methyl sites for hydroxylation is 1. The molecule has 0 atom stereocenters. The molecule has 4 heteroatoms. The lowest BCUT2D eigenvalue weighted by molar-refractivity contribution is 0.0584. The summed E-state index contributed by atoms with van der Waals surface area (Å²) in [5, 5.41) is 0. The molecule has 1 aromatic carbocycles. The summed E-state index contributed by atoms with van der Waals surface area (Å²) < 4.78 is 31.3. The average molecular weight is 297 g/mol. The lowest BCUT2D eigenvalue weighted by Gasteiger charge is -2.30. The normalized spacial score (nSPS) is 11.8. The zero-order chi connectivity index (χ0) is 15.0. The van der Waals surface area contributed by atoms with Crippen molar-refractivity contribution in [3.8, 4) is 0 Å². The van der Waals surface area contributed by atoms with Crippen molar-refractivity contribution in [1.29, 1.82) is 0 Å². The molecule has 0 bridgehead atoms. The van der Waals surface area contributed by atoms with Crippen LogP contribution in [0.5, 0.6) is 0 Å². The minimum Gasteiger partial charge on any atom is -0.413 e. The molecule has 0 heterocycles. The Labute approximate surface area is 124 Å². The van der Waals surface area contributed by atoms with Gasteiger partial charge < -0.3 is 4.43 Å². The average Bonchev–Trinajstić information content (AvgIpc) is 2.47. The predicted molar refractivity (Wildman–Crippen MR) is 78.7 cm³/mol. The standard InChI is InChI=1S/C16H23F2OSi/c1-3-16(4-2,19-20)11-7-5-6-8-13-9-10-14(17)15(18)12-13/h9-10,12H,3-8,11H2,1-2H3. The van der Waals surface area contributed by atoms with E-state index in [4.69, 9.17) is 4.43 Å². The monoisotopic (exact) mass is 297 g/mol. The van der Waals surface area contributed by atoms with Gasteiger partial charge in [0.25, 0.3) is 0 Å². The highest BCUT2D eigenvalue weighted by Gasteiger charge is 2.23. The molecule has 1 rings (SSSR count). The summed E-state index contributed by atoms with van der Waals surface area (Å²) >= 11 is 0. The molecule has 0 unspecified atom stereocenters. The summed E-state index contributed by atoms with van der Waals surface area (Å²) in [6, 6.07) is 4.14. The Balaban J connectivity index is 2.29. The number of benzene rings is 1. The Hall–Kier alpha value is -0.743. The van der Waals surface area contributed by atoms with Crippen molar-refractivity contribution in [2.75, 3.05) is 0 Å². The first kappa shape index (κ1) is 17.3. The third-order valence-corrected chi connectivity index (χ3v) is 4.52. The fourth-order valence-corrected chi connectivity index (χ4v) is 2.84. The van der Waals surface area contributed by atoms with Crippen LogP contribution in [0.1, 0.15) is 57.9 Å². The molecule has 0 fully saturated rings. The highest BCUT2D eigenvalue weighted by atomic mass is 28.2. The lowest BCUT2D eigenvalue weighted by atomic mass is 9.90. The number of unbranched alkanes of at least 4 members (excludes halogenated alkanes) is 2. The Bertz CT molecular complexity index is 397. The van der Waals surface area contributed by atoms with Crippen LogP contribution in [0.4, 0.5) is 8.78 Å². The highest BCUT2D eigenvalue weighted by Crippen LogP contribution is 2.26. The van der Waals surface area contributed by atoms with Crippen LogP contribution in [0.3, 0.4) is 0 Å². The van der Waals surface area contributed by atoms with Crippen molar-refractivity contribution in [1.82, 2.24) is 0 Å². The van der Waals surface area contributed by atoms with E-state index in [1.54, 1.807) is 6.07 Å². The molecular formula is C16H23F2OSi. The fraction of sp³-hybridized carbons (Fsp3) is 0.625. The van der Waals surface area contributed by atoms with Gasteiger partial charge in [-0.3, -0.25) is 0 Å². The van der Waals surface area contributed by atoms with Gasteiger partial charge in [0.05, 0.1) is 5.60 Å². The SMILES string of the molecule is CCC(CC)(CCCCCc1ccc(F)c(F)c1)O[Si]. The molecule has 20 heavy (non-hydrogen) atoms. The van der Waals surface area contributed by atoms with Gasteiger partial charge in [0.2, 0.25) is 10.5 Å². The van der Waals surface area contributed by atoms with Crippen LogP contribution in [-0.2, 0) is 10.8 Å². The Kier molecular flexibility index (Phi) is 7.38. The smallest absolute Gasteiger partial charge is 0.247 e. The second-order valence-corrected chi connectivity index (χ2v) is 5.51. The maximum absolute atomic E-state index is 13.1. The molecule has 0 amide bonds. The maximum Gasteiger partial charge on any atom is 0.247 e. The molecule has 0 aromatic heterocycles. The fourth-order valence-electron chi connectivity index (χ4n) is 2.45. The minimum atomic E-state index is -0.779. The van der Waals surface area contributed by atoms with Gasteiger partial charge >= 0.3 is 0 Å². The van der Waals surface area contributed by atoms with Gasteiger partial charge in [-0.15, -0.1) is 0 Å². The molecule has 3 radical (unpaired) electrons. The van der Waals surface area contributed by atoms with Gasteiger partial charge in [-0.05, 0) is 49.8 Å². The van der Waals surface area contributed by atoms with Crippen molar-refractivity contribution in [3.63, 3.8) is 0 Å². The largest absolute Gasteiger partial charge is 0.413 e. The first-order valence-electron chi connectivity index (χ1n) is 7.35. The molecule has 0 aliphatic carbocycles. The Morgan fingerprint density at radius 2 is 1.75 bits per heavy atom. The Morgan fingerprint density at radius 1 is 1.05 bits per heavy atom. The summed E-state index contributed by atoms with van der Waals surface area (Å²) in [6.45, 7) is 4.26. The molecule has 1 aromatic rings. The minimum absolute atomic E-state index is 0.0706. The van der Waals surface area contributed by atoms with E-state index in [0.717, 1.165) is 50.5 Å². The van der Waals surface area contributed by atoms with E-state index in [9.17, 15) is 8.78 Å². The van der Waals surface area contributed by atoms with Crippen molar-refractivity contribution >= 4 is 10.5 Å². The van der Waals surface area contributed by atoms with Crippen LogP contribution in [-0.4, -0.2) is 16.1 Å². The molecule has 0 saturated heterocycles. The van der Waals surface area contributed by atoms with Crippen LogP contribution in [0.25, 0.3) is 0 Å². The van der Waals surface area contributed by atoms with Crippen molar-refractivity contribution in [3.05, 3.63) is 35.4 Å². The number of halogens is 2.